The molecule has 0 saturated heterocycles. The van der Waals surface area contributed by atoms with Crippen LogP contribution in [-0.2, 0) is 0 Å². The van der Waals surface area contributed by atoms with Crippen molar-refractivity contribution in [1.29, 1.82) is 0 Å². The van der Waals surface area contributed by atoms with Gasteiger partial charge in [0.15, 0.2) is 11.6 Å². The second-order valence-electron chi connectivity index (χ2n) is 4.73. The maximum Gasteiger partial charge on any atom is 0.165 e. The molecule has 3 N–H and O–H groups in total. The van der Waals surface area contributed by atoms with Crippen molar-refractivity contribution in [2.24, 2.45) is 5.73 Å². The average Bonchev–Trinajstić information content (AvgIpc) is 2.49. The van der Waals surface area contributed by atoms with Gasteiger partial charge in [0.2, 0.25) is 0 Å². The van der Waals surface area contributed by atoms with Crippen LogP contribution in [0, 0.1) is 11.6 Å². The highest BCUT2D eigenvalue weighted by atomic mass is 19.1. The van der Waals surface area contributed by atoms with Gasteiger partial charge in [-0.2, -0.15) is 0 Å². The Bertz CT molecular complexity index is 602. The molecule has 2 rings (SSSR count). The molecule has 0 radical (unpaired) electrons. The Morgan fingerprint density at radius 2 is 1.71 bits per heavy atom. The molecule has 2 unspecified atom stereocenters. The van der Waals surface area contributed by atoms with E-state index in [2.05, 4.69) is 0 Å². The van der Waals surface area contributed by atoms with Gasteiger partial charge in [-0.25, -0.2) is 8.78 Å². The van der Waals surface area contributed by atoms with E-state index in [1.165, 1.54) is 31.4 Å². The van der Waals surface area contributed by atoms with Crippen LogP contribution in [0.15, 0.2) is 42.5 Å². The van der Waals surface area contributed by atoms with Gasteiger partial charge in [-0.05, 0) is 35.4 Å². The molecule has 0 fully saturated rings. The van der Waals surface area contributed by atoms with Crippen LogP contribution in [0.4, 0.5) is 8.78 Å². The summed E-state index contributed by atoms with van der Waals surface area (Å²) in [6.07, 6.45) is -0.985. The van der Waals surface area contributed by atoms with E-state index in [1.54, 1.807) is 18.2 Å². The van der Waals surface area contributed by atoms with Gasteiger partial charge < -0.3 is 15.6 Å². The Labute approximate surface area is 122 Å². The number of aliphatic hydroxyl groups excluding tert-OH is 1. The lowest BCUT2D eigenvalue weighted by Gasteiger charge is -2.22. The molecule has 0 aliphatic rings. The maximum atomic E-state index is 13.7. The SMILES string of the molecule is COc1ccc(C(O)C(CN)c2ccc(F)cc2)cc1F. The highest BCUT2D eigenvalue weighted by Crippen LogP contribution is 2.32. The van der Waals surface area contributed by atoms with E-state index in [0.717, 1.165) is 0 Å². The lowest BCUT2D eigenvalue weighted by molar-refractivity contribution is 0.147. The van der Waals surface area contributed by atoms with Crippen molar-refractivity contribution in [2.75, 3.05) is 13.7 Å². The number of hydrogen-bond acceptors (Lipinski definition) is 3. The van der Waals surface area contributed by atoms with Crippen LogP contribution in [0.2, 0.25) is 0 Å². The second kappa shape index (κ2) is 6.65. The predicted molar refractivity (Wildman–Crippen MR) is 76.1 cm³/mol. The highest BCUT2D eigenvalue weighted by molar-refractivity contribution is 5.33. The molecular weight excluding hydrogens is 276 g/mol. The summed E-state index contributed by atoms with van der Waals surface area (Å²) in [6.45, 7) is 0.153. The first kappa shape index (κ1) is 15.4. The molecule has 0 aromatic heterocycles. The van der Waals surface area contributed by atoms with Crippen LogP contribution in [-0.4, -0.2) is 18.8 Å². The Balaban J connectivity index is 2.29. The Kier molecular flexibility index (Phi) is 4.88. The Hall–Kier alpha value is -1.98. The molecule has 0 aliphatic carbocycles. The van der Waals surface area contributed by atoms with Crippen LogP contribution in [0.25, 0.3) is 0 Å². The van der Waals surface area contributed by atoms with Crippen molar-refractivity contribution < 1.29 is 18.6 Å². The predicted octanol–water partition coefficient (Wildman–Crippen LogP) is 2.75. The van der Waals surface area contributed by atoms with Gasteiger partial charge in [0.1, 0.15) is 5.82 Å². The van der Waals surface area contributed by atoms with Crippen molar-refractivity contribution in [3.05, 3.63) is 65.2 Å². The van der Waals surface area contributed by atoms with E-state index in [1.807, 2.05) is 0 Å². The minimum atomic E-state index is -0.985. The van der Waals surface area contributed by atoms with Crippen molar-refractivity contribution in [1.82, 2.24) is 0 Å². The standard InChI is InChI=1S/C16H17F2NO2/c1-21-15-7-4-11(8-14(15)18)16(20)13(9-19)10-2-5-12(17)6-3-10/h2-8,13,16,20H,9,19H2,1H3. The summed E-state index contributed by atoms with van der Waals surface area (Å²) in [7, 11) is 1.37. The summed E-state index contributed by atoms with van der Waals surface area (Å²) in [5.74, 6) is -1.25. The number of halogens is 2. The zero-order chi connectivity index (χ0) is 15.4. The molecule has 0 amide bonds. The third kappa shape index (κ3) is 3.37. The number of nitrogens with two attached hydrogens (primary N) is 1. The molecule has 0 saturated carbocycles. The molecule has 5 heteroatoms. The summed E-state index contributed by atoms with van der Waals surface area (Å²) >= 11 is 0. The number of methoxy groups -OCH3 is 1. The van der Waals surface area contributed by atoms with Gasteiger partial charge in [-0.15, -0.1) is 0 Å². The number of ether oxygens (including phenoxy) is 1. The summed E-state index contributed by atoms with van der Waals surface area (Å²) in [4.78, 5) is 0. The summed E-state index contributed by atoms with van der Waals surface area (Å²) < 4.78 is 31.5. The van der Waals surface area contributed by atoms with Crippen LogP contribution < -0.4 is 10.5 Å². The van der Waals surface area contributed by atoms with Crippen LogP contribution in [0.3, 0.4) is 0 Å². The lowest BCUT2D eigenvalue weighted by Crippen LogP contribution is -2.20. The van der Waals surface area contributed by atoms with E-state index in [-0.39, 0.29) is 18.1 Å². The Morgan fingerprint density at radius 1 is 1.10 bits per heavy atom. The normalized spacial score (nSPS) is 13.8. The van der Waals surface area contributed by atoms with Gasteiger partial charge in [-0.1, -0.05) is 18.2 Å². The van der Waals surface area contributed by atoms with E-state index in [0.29, 0.717) is 11.1 Å². The second-order valence-corrected chi connectivity index (χ2v) is 4.73. The van der Waals surface area contributed by atoms with Gasteiger partial charge in [-0.3, -0.25) is 0 Å². The molecule has 0 spiro atoms. The molecule has 21 heavy (non-hydrogen) atoms. The topological polar surface area (TPSA) is 55.5 Å². The van der Waals surface area contributed by atoms with Crippen LogP contribution >= 0.6 is 0 Å². The third-order valence-electron chi connectivity index (χ3n) is 3.45. The number of hydrogen-bond donors (Lipinski definition) is 2. The molecule has 0 bridgehead atoms. The number of benzene rings is 2. The van der Waals surface area contributed by atoms with Crippen molar-refractivity contribution >= 4 is 0 Å². The van der Waals surface area contributed by atoms with Gasteiger partial charge in [0, 0.05) is 12.5 Å². The number of aliphatic hydroxyl groups is 1. The zero-order valence-corrected chi connectivity index (χ0v) is 11.6. The van der Waals surface area contributed by atoms with Gasteiger partial charge in [0.05, 0.1) is 13.2 Å². The van der Waals surface area contributed by atoms with Crippen LogP contribution in [0.1, 0.15) is 23.1 Å². The molecule has 2 aromatic rings. The average molecular weight is 293 g/mol. The first-order valence-electron chi connectivity index (χ1n) is 6.54. The fourth-order valence-electron chi connectivity index (χ4n) is 2.26. The summed E-state index contributed by atoms with van der Waals surface area (Å²) in [5, 5.41) is 10.4. The third-order valence-corrected chi connectivity index (χ3v) is 3.45. The summed E-state index contributed by atoms with van der Waals surface area (Å²) in [6, 6.07) is 9.99. The lowest BCUT2D eigenvalue weighted by atomic mass is 9.89. The smallest absolute Gasteiger partial charge is 0.165 e. The minimum Gasteiger partial charge on any atom is -0.494 e. The van der Waals surface area contributed by atoms with Crippen molar-refractivity contribution in [2.45, 2.75) is 12.0 Å². The fraction of sp³-hybridized carbons (Fsp3) is 0.250. The minimum absolute atomic E-state index is 0.108. The molecule has 2 aromatic carbocycles. The highest BCUT2D eigenvalue weighted by Gasteiger charge is 2.22. The number of rotatable bonds is 5. The van der Waals surface area contributed by atoms with Gasteiger partial charge in [0.25, 0.3) is 0 Å². The molecule has 0 aliphatic heterocycles. The fourth-order valence-corrected chi connectivity index (χ4v) is 2.26. The molecule has 0 heterocycles. The molecular formula is C16H17F2NO2. The first-order chi connectivity index (χ1) is 10.1. The molecule has 3 nitrogen and oxygen atoms in total. The maximum absolute atomic E-state index is 13.7. The Morgan fingerprint density at radius 3 is 2.24 bits per heavy atom. The monoisotopic (exact) mass is 293 g/mol. The quantitative estimate of drug-likeness (QED) is 0.891. The van der Waals surface area contributed by atoms with E-state index >= 15 is 0 Å². The van der Waals surface area contributed by atoms with E-state index in [4.69, 9.17) is 10.5 Å². The van der Waals surface area contributed by atoms with Crippen LogP contribution in [0.5, 0.6) is 5.75 Å². The zero-order valence-electron chi connectivity index (χ0n) is 11.6. The molecule has 2 atom stereocenters. The van der Waals surface area contributed by atoms with Crippen molar-refractivity contribution in [3.8, 4) is 5.75 Å². The largest absolute Gasteiger partial charge is 0.494 e. The molecule has 112 valence electrons. The van der Waals surface area contributed by atoms with Crippen molar-refractivity contribution in [3.63, 3.8) is 0 Å². The first-order valence-corrected chi connectivity index (χ1v) is 6.54. The summed E-state index contributed by atoms with van der Waals surface area (Å²) in [5.41, 5.74) is 6.80. The van der Waals surface area contributed by atoms with E-state index in [9.17, 15) is 13.9 Å². The van der Waals surface area contributed by atoms with E-state index < -0.39 is 17.8 Å². The van der Waals surface area contributed by atoms with Gasteiger partial charge >= 0.3 is 0 Å².